The SMILES string of the molecule is Cc1c(C(=O)c2ccccc2)ccc2c1NC1(CCCCC1)C(N1CCOCC1)O2. The Morgan fingerprint density at radius 1 is 1.03 bits per heavy atom. The molecule has 2 aromatic carbocycles. The lowest BCUT2D eigenvalue weighted by molar-refractivity contribution is -0.0864. The minimum atomic E-state index is -0.109. The molecule has 158 valence electrons. The summed E-state index contributed by atoms with van der Waals surface area (Å²) in [5.74, 6) is 0.912. The average molecular weight is 407 g/mol. The molecule has 1 atom stereocenters. The topological polar surface area (TPSA) is 50.8 Å². The fraction of sp³-hybridized carbons (Fsp3) is 0.480. The van der Waals surface area contributed by atoms with E-state index in [4.69, 9.17) is 9.47 Å². The van der Waals surface area contributed by atoms with Crippen LogP contribution >= 0.6 is 0 Å². The Balaban J connectivity index is 1.52. The molecule has 0 radical (unpaired) electrons. The molecular formula is C25H30N2O3. The van der Waals surface area contributed by atoms with Crippen molar-refractivity contribution in [1.82, 2.24) is 4.90 Å². The van der Waals surface area contributed by atoms with Crippen molar-refractivity contribution in [3.8, 4) is 5.75 Å². The molecule has 1 saturated carbocycles. The molecule has 2 aromatic rings. The maximum absolute atomic E-state index is 13.1. The summed E-state index contributed by atoms with van der Waals surface area (Å²) >= 11 is 0. The van der Waals surface area contributed by atoms with Crippen molar-refractivity contribution in [2.24, 2.45) is 0 Å². The number of ketones is 1. The molecule has 1 aliphatic carbocycles. The second-order valence-electron chi connectivity index (χ2n) is 8.77. The third-order valence-electron chi connectivity index (χ3n) is 6.92. The van der Waals surface area contributed by atoms with E-state index < -0.39 is 0 Å². The first-order valence-electron chi connectivity index (χ1n) is 11.2. The molecule has 2 fully saturated rings. The van der Waals surface area contributed by atoms with Gasteiger partial charge in [0.15, 0.2) is 12.0 Å². The second-order valence-corrected chi connectivity index (χ2v) is 8.77. The Morgan fingerprint density at radius 3 is 2.50 bits per heavy atom. The van der Waals surface area contributed by atoms with Gasteiger partial charge in [-0.25, -0.2) is 0 Å². The van der Waals surface area contributed by atoms with Gasteiger partial charge in [-0.15, -0.1) is 0 Å². The number of carbonyl (C=O) groups is 1. The predicted molar refractivity (Wildman–Crippen MR) is 117 cm³/mol. The van der Waals surface area contributed by atoms with E-state index in [0.29, 0.717) is 0 Å². The van der Waals surface area contributed by atoms with Crippen molar-refractivity contribution in [3.05, 3.63) is 59.2 Å². The fourth-order valence-corrected chi connectivity index (χ4v) is 5.27. The number of morpholine rings is 1. The smallest absolute Gasteiger partial charge is 0.193 e. The Hall–Kier alpha value is -2.37. The number of fused-ring (bicyclic) bond motifs is 1. The van der Waals surface area contributed by atoms with Crippen LogP contribution in [0.2, 0.25) is 0 Å². The first kappa shape index (κ1) is 19.6. The molecule has 0 aromatic heterocycles. The van der Waals surface area contributed by atoms with E-state index >= 15 is 0 Å². The largest absolute Gasteiger partial charge is 0.470 e. The molecule has 1 N–H and O–H groups in total. The van der Waals surface area contributed by atoms with E-state index in [1.165, 1.54) is 19.3 Å². The number of carbonyl (C=O) groups excluding carboxylic acids is 1. The van der Waals surface area contributed by atoms with Crippen LogP contribution < -0.4 is 10.1 Å². The van der Waals surface area contributed by atoms with E-state index in [9.17, 15) is 4.79 Å². The molecule has 0 amide bonds. The molecule has 5 heteroatoms. The number of ether oxygens (including phenoxy) is 2. The number of hydrogen-bond donors (Lipinski definition) is 1. The van der Waals surface area contributed by atoms with Crippen LogP contribution in [0.15, 0.2) is 42.5 Å². The summed E-state index contributed by atoms with van der Waals surface area (Å²) in [6, 6.07) is 13.4. The number of anilines is 1. The maximum atomic E-state index is 13.1. The Bertz CT molecular complexity index is 915. The van der Waals surface area contributed by atoms with Crippen LogP contribution in [-0.4, -0.2) is 48.8 Å². The zero-order valence-corrected chi connectivity index (χ0v) is 17.7. The zero-order chi connectivity index (χ0) is 20.6. The molecule has 5 nitrogen and oxygen atoms in total. The summed E-state index contributed by atoms with van der Waals surface area (Å²) in [7, 11) is 0. The number of hydrogen-bond acceptors (Lipinski definition) is 5. The van der Waals surface area contributed by atoms with Gasteiger partial charge in [-0.1, -0.05) is 49.6 Å². The Labute approximate surface area is 178 Å². The monoisotopic (exact) mass is 406 g/mol. The first-order valence-corrected chi connectivity index (χ1v) is 11.2. The molecule has 30 heavy (non-hydrogen) atoms. The van der Waals surface area contributed by atoms with Gasteiger partial charge < -0.3 is 14.8 Å². The van der Waals surface area contributed by atoms with Crippen molar-refractivity contribution >= 4 is 11.5 Å². The Morgan fingerprint density at radius 2 is 1.77 bits per heavy atom. The molecule has 5 rings (SSSR count). The molecule has 2 aliphatic heterocycles. The van der Waals surface area contributed by atoms with Crippen LogP contribution in [0.5, 0.6) is 5.75 Å². The fourth-order valence-electron chi connectivity index (χ4n) is 5.27. The van der Waals surface area contributed by atoms with Crippen molar-refractivity contribution in [1.29, 1.82) is 0 Å². The van der Waals surface area contributed by atoms with Crippen LogP contribution in [0.3, 0.4) is 0 Å². The lowest BCUT2D eigenvalue weighted by atomic mass is 9.78. The number of nitrogens with one attached hydrogen (secondary N) is 1. The standard InChI is InChI=1S/C25H30N2O3/c1-18-20(23(28)19-8-4-2-5-9-19)10-11-21-22(18)26-25(12-6-3-7-13-25)24(30-21)27-14-16-29-17-15-27/h2,4-5,8-11,24,26H,3,6-7,12-17H2,1H3. The lowest BCUT2D eigenvalue weighted by Gasteiger charge is -2.52. The molecule has 1 spiro atoms. The maximum Gasteiger partial charge on any atom is 0.193 e. The average Bonchev–Trinajstić information content (AvgIpc) is 2.81. The van der Waals surface area contributed by atoms with E-state index in [2.05, 4.69) is 10.2 Å². The number of nitrogens with zero attached hydrogens (tertiary/aromatic N) is 1. The van der Waals surface area contributed by atoms with Gasteiger partial charge in [0.1, 0.15) is 5.75 Å². The second kappa shape index (κ2) is 8.05. The summed E-state index contributed by atoms with van der Waals surface area (Å²) in [4.78, 5) is 15.6. The number of rotatable bonds is 3. The molecule has 3 aliphatic rings. The van der Waals surface area contributed by atoms with Crippen LogP contribution in [0.1, 0.15) is 53.6 Å². The van der Waals surface area contributed by atoms with Gasteiger partial charge in [-0.2, -0.15) is 0 Å². The quantitative estimate of drug-likeness (QED) is 0.766. The van der Waals surface area contributed by atoms with Crippen molar-refractivity contribution in [2.75, 3.05) is 31.6 Å². The van der Waals surface area contributed by atoms with Crippen LogP contribution in [0, 0.1) is 6.92 Å². The minimum Gasteiger partial charge on any atom is -0.470 e. The van der Waals surface area contributed by atoms with Gasteiger partial charge in [-0.3, -0.25) is 9.69 Å². The third-order valence-corrected chi connectivity index (χ3v) is 6.92. The highest BCUT2D eigenvalue weighted by atomic mass is 16.5. The molecule has 0 bridgehead atoms. The van der Waals surface area contributed by atoms with Gasteiger partial charge in [-0.05, 0) is 37.5 Å². The van der Waals surface area contributed by atoms with Gasteiger partial charge in [0.25, 0.3) is 0 Å². The highest BCUT2D eigenvalue weighted by Gasteiger charge is 2.48. The highest BCUT2D eigenvalue weighted by Crippen LogP contribution is 2.46. The van der Waals surface area contributed by atoms with Gasteiger partial charge in [0, 0.05) is 24.2 Å². The zero-order valence-electron chi connectivity index (χ0n) is 17.7. The first-order chi connectivity index (χ1) is 14.7. The van der Waals surface area contributed by atoms with E-state index in [1.54, 1.807) is 0 Å². The summed E-state index contributed by atoms with van der Waals surface area (Å²) in [6.45, 7) is 5.34. The highest BCUT2D eigenvalue weighted by molar-refractivity contribution is 6.10. The lowest BCUT2D eigenvalue weighted by Crippen LogP contribution is -2.64. The van der Waals surface area contributed by atoms with Crippen LogP contribution in [0.4, 0.5) is 5.69 Å². The molecule has 1 saturated heterocycles. The summed E-state index contributed by atoms with van der Waals surface area (Å²) < 4.78 is 12.3. The van der Waals surface area contributed by atoms with E-state index in [0.717, 1.165) is 67.3 Å². The van der Waals surface area contributed by atoms with Crippen molar-refractivity contribution in [3.63, 3.8) is 0 Å². The van der Waals surface area contributed by atoms with Gasteiger partial charge in [0.05, 0.1) is 24.4 Å². The summed E-state index contributed by atoms with van der Waals surface area (Å²) in [5, 5.41) is 3.92. The van der Waals surface area contributed by atoms with Crippen LogP contribution in [-0.2, 0) is 4.74 Å². The van der Waals surface area contributed by atoms with E-state index in [1.807, 2.05) is 49.4 Å². The predicted octanol–water partition coefficient (Wildman–Crippen LogP) is 4.39. The molecular weight excluding hydrogens is 376 g/mol. The van der Waals surface area contributed by atoms with Gasteiger partial charge >= 0.3 is 0 Å². The Kier molecular flexibility index (Phi) is 5.25. The van der Waals surface area contributed by atoms with E-state index in [-0.39, 0.29) is 17.6 Å². The third kappa shape index (κ3) is 3.40. The molecule has 2 heterocycles. The minimum absolute atomic E-state index is 0.00396. The van der Waals surface area contributed by atoms with Crippen molar-refractivity contribution < 1.29 is 14.3 Å². The normalized spacial score (nSPS) is 23.3. The summed E-state index contributed by atoms with van der Waals surface area (Å²) in [5.41, 5.74) is 3.32. The van der Waals surface area contributed by atoms with Crippen LogP contribution in [0.25, 0.3) is 0 Å². The molecule has 1 unspecified atom stereocenters. The van der Waals surface area contributed by atoms with Gasteiger partial charge in [0.2, 0.25) is 0 Å². The number of benzene rings is 2. The summed E-state index contributed by atoms with van der Waals surface area (Å²) in [6.07, 6.45) is 5.86. The van der Waals surface area contributed by atoms with Crippen molar-refractivity contribution in [2.45, 2.75) is 50.8 Å².